The maximum atomic E-state index is 13.8. The Balaban J connectivity index is 1.40. The lowest BCUT2D eigenvalue weighted by Crippen LogP contribution is -2.63. The van der Waals surface area contributed by atoms with Crippen LogP contribution in [-0.2, 0) is 50.4 Å². The van der Waals surface area contributed by atoms with Gasteiger partial charge in [-0.3, -0.25) is 4.52 Å². The summed E-state index contributed by atoms with van der Waals surface area (Å²) >= 11 is 0. The molecule has 0 saturated carbocycles. The molecule has 3 aromatic rings. The maximum absolute atomic E-state index is 13.8. The van der Waals surface area contributed by atoms with Gasteiger partial charge in [-0.25, -0.2) is 9.65 Å². The van der Waals surface area contributed by atoms with E-state index in [9.17, 15) is 4.57 Å². The van der Waals surface area contributed by atoms with Crippen molar-refractivity contribution in [2.75, 3.05) is 20.8 Å². The minimum Gasteiger partial charge on any atom is -0.368 e. The number of hydrogen-bond donors (Lipinski definition) is 1. The summed E-state index contributed by atoms with van der Waals surface area (Å²) in [4.78, 5) is 0. The number of ether oxygens (including phenoxy) is 5. The Morgan fingerprint density at radius 1 is 0.846 bits per heavy atom. The summed E-state index contributed by atoms with van der Waals surface area (Å²) in [7, 11) is -0.976. The molecule has 2 fully saturated rings. The smallest absolute Gasteiger partial charge is 0.368 e. The fourth-order valence-corrected chi connectivity index (χ4v) is 5.88. The van der Waals surface area contributed by atoms with Gasteiger partial charge in [0.2, 0.25) is 0 Å². The van der Waals surface area contributed by atoms with Gasteiger partial charge < -0.3 is 28.2 Å². The molecule has 2 aliphatic rings. The third-order valence-corrected chi connectivity index (χ3v) is 8.24. The SMILES string of the molecule is CO[C@H]1O[C@@H]2COC(c3ccccc3)O[C@H]2[C@H](OCc2ccccc2)[C@H]1OP(=O)(NCc1ccccc1)OC. The molecule has 1 N–H and O–H groups in total. The Morgan fingerprint density at radius 3 is 2.13 bits per heavy atom. The van der Waals surface area contributed by atoms with Crippen LogP contribution < -0.4 is 5.09 Å². The van der Waals surface area contributed by atoms with Gasteiger partial charge in [0.1, 0.15) is 24.4 Å². The lowest BCUT2D eigenvalue weighted by Gasteiger charge is -2.48. The third-order valence-electron chi connectivity index (χ3n) is 6.69. The van der Waals surface area contributed by atoms with Crippen molar-refractivity contribution >= 4 is 7.75 Å². The second-order valence-corrected chi connectivity index (χ2v) is 11.2. The minimum absolute atomic E-state index is 0.260. The van der Waals surface area contributed by atoms with Crippen LogP contribution in [-0.4, -0.2) is 51.5 Å². The summed E-state index contributed by atoms with van der Waals surface area (Å²) in [5, 5.41) is 2.93. The highest BCUT2D eigenvalue weighted by molar-refractivity contribution is 7.51. The normalized spacial score (nSPS) is 28.4. The molecule has 0 radical (unpaired) electrons. The number of fused-ring (bicyclic) bond motifs is 1. The molecule has 5 rings (SSSR count). The minimum atomic E-state index is -3.81. The molecular formula is C29H34NO8P. The Labute approximate surface area is 228 Å². The lowest BCUT2D eigenvalue weighted by atomic mass is 9.97. The molecule has 0 aliphatic carbocycles. The van der Waals surface area contributed by atoms with E-state index in [1.807, 2.05) is 91.0 Å². The van der Waals surface area contributed by atoms with Crippen LogP contribution in [0.1, 0.15) is 23.0 Å². The Kier molecular flexibility index (Phi) is 9.57. The molecule has 2 heterocycles. The number of benzene rings is 3. The monoisotopic (exact) mass is 555 g/mol. The van der Waals surface area contributed by atoms with Crippen molar-refractivity contribution in [3.63, 3.8) is 0 Å². The predicted octanol–water partition coefficient (Wildman–Crippen LogP) is 4.99. The van der Waals surface area contributed by atoms with Gasteiger partial charge in [-0.2, -0.15) is 0 Å². The highest BCUT2D eigenvalue weighted by Crippen LogP contribution is 2.48. The van der Waals surface area contributed by atoms with Gasteiger partial charge >= 0.3 is 7.75 Å². The molecule has 208 valence electrons. The van der Waals surface area contributed by atoms with E-state index in [1.54, 1.807) is 0 Å². The zero-order valence-electron chi connectivity index (χ0n) is 22.0. The molecule has 7 atom stereocenters. The zero-order valence-corrected chi connectivity index (χ0v) is 22.9. The quantitative estimate of drug-likeness (QED) is 0.329. The summed E-state index contributed by atoms with van der Waals surface area (Å²) in [6.07, 6.45) is -4.27. The first-order valence-electron chi connectivity index (χ1n) is 12.9. The molecule has 10 heteroatoms. The molecule has 3 aromatic carbocycles. The van der Waals surface area contributed by atoms with E-state index < -0.39 is 44.7 Å². The van der Waals surface area contributed by atoms with Gasteiger partial charge in [-0.15, -0.1) is 0 Å². The maximum Gasteiger partial charge on any atom is 0.406 e. The second kappa shape index (κ2) is 13.3. The average molecular weight is 556 g/mol. The Hall–Kier alpha value is -2.43. The fraction of sp³-hybridized carbons (Fsp3) is 0.379. The molecule has 39 heavy (non-hydrogen) atoms. The van der Waals surface area contributed by atoms with E-state index in [1.165, 1.54) is 14.2 Å². The number of methoxy groups -OCH3 is 1. The Bertz CT molecular complexity index is 1200. The van der Waals surface area contributed by atoms with Crippen LogP contribution in [0.4, 0.5) is 0 Å². The number of hydrogen-bond acceptors (Lipinski definition) is 8. The number of rotatable bonds is 11. The topological polar surface area (TPSA) is 93.7 Å². The zero-order chi connectivity index (χ0) is 27.1. The van der Waals surface area contributed by atoms with Gasteiger partial charge in [-0.05, 0) is 11.1 Å². The first-order chi connectivity index (χ1) is 19.1. The van der Waals surface area contributed by atoms with Gasteiger partial charge in [0.25, 0.3) is 0 Å². The Morgan fingerprint density at radius 2 is 1.49 bits per heavy atom. The van der Waals surface area contributed by atoms with Gasteiger partial charge in [-0.1, -0.05) is 91.0 Å². The summed E-state index contributed by atoms with van der Waals surface area (Å²) in [6, 6.07) is 29.0. The molecule has 2 saturated heterocycles. The molecule has 0 amide bonds. The highest BCUT2D eigenvalue weighted by atomic mass is 31.2. The van der Waals surface area contributed by atoms with Gasteiger partial charge in [0.15, 0.2) is 12.6 Å². The van der Waals surface area contributed by atoms with Crippen LogP contribution in [0.3, 0.4) is 0 Å². The van der Waals surface area contributed by atoms with E-state index in [0.29, 0.717) is 0 Å². The van der Waals surface area contributed by atoms with Gasteiger partial charge in [0, 0.05) is 26.3 Å². The van der Waals surface area contributed by atoms with Crippen LogP contribution in [0.25, 0.3) is 0 Å². The van der Waals surface area contributed by atoms with E-state index >= 15 is 0 Å². The molecule has 2 aliphatic heterocycles. The van der Waals surface area contributed by atoms with Crippen LogP contribution in [0.5, 0.6) is 0 Å². The molecule has 2 unspecified atom stereocenters. The fourth-order valence-electron chi connectivity index (χ4n) is 4.67. The van der Waals surface area contributed by atoms with Crippen molar-refractivity contribution in [2.24, 2.45) is 0 Å². The van der Waals surface area contributed by atoms with Crippen molar-refractivity contribution in [1.29, 1.82) is 0 Å². The highest BCUT2D eigenvalue weighted by Gasteiger charge is 2.53. The van der Waals surface area contributed by atoms with Crippen LogP contribution in [0.2, 0.25) is 0 Å². The van der Waals surface area contributed by atoms with Crippen molar-refractivity contribution in [3.05, 3.63) is 108 Å². The first-order valence-corrected chi connectivity index (χ1v) is 14.4. The molecule has 9 nitrogen and oxygen atoms in total. The summed E-state index contributed by atoms with van der Waals surface area (Å²) in [5.74, 6) is 0. The van der Waals surface area contributed by atoms with E-state index in [-0.39, 0.29) is 19.8 Å². The van der Waals surface area contributed by atoms with Crippen LogP contribution in [0, 0.1) is 0 Å². The lowest BCUT2D eigenvalue weighted by molar-refractivity contribution is -0.361. The van der Waals surface area contributed by atoms with Crippen molar-refractivity contribution in [3.8, 4) is 0 Å². The molecular weight excluding hydrogens is 521 g/mol. The first kappa shape index (κ1) is 28.1. The van der Waals surface area contributed by atoms with Crippen LogP contribution >= 0.6 is 7.75 Å². The molecule has 0 bridgehead atoms. The van der Waals surface area contributed by atoms with E-state index in [4.69, 9.17) is 32.7 Å². The molecule has 0 aromatic heterocycles. The third kappa shape index (κ3) is 7.02. The van der Waals surface area contributed by atoms with Crippen LogP contribution in [0.15, 0.2) is 91.0 Å². The largest absolute Gasteiger partial charge is 0.406 e. The molecule has 0 spiro atoms. The summed E-state index contributed by atoms with van der Waals surface area (Å²) in [6.45, 7) is 0.815. The van der Waals surface area contributed by atoms with E-state index in [0.717, 1.165) is 16.7 Å². The van der Waals surface area contributed by atoms with E-state index in [2.05, 4.69) is 5.09 Å². The van der Waals surface area contributed by atoms with Crippen molar-refractivity contribution < 1.29 is 37.3 Å². The second-order valence-electron chi connectivity index (χ2n) is 9.29. The standard InChI is InChI=1S/C29H34NO8P/c1-32-29-27(38-39(31,33-2)30-18-21-12-6-3-7-13-21)26(34-19-22-14-8-4-9-15-22)25-24(36-29)20-35-28(37-25)23-16-10-5-11-17-23/h3-17,24-29H,18-20H2,1-2H3,(H,30,31)/t24-,25-,26+,27-,28?,29+,39?/m1/s1. The summed E-state index contributed by atoms with van der Waals surface area (Å²) in [5.41, 5.74) is 2.77. The summed E-state index contributed by atoms with van der Waals surface area (Å²) < 4.78 is 56.0. The van der Waals surface area contributed by atoms with Crippen molar-refractivity contribution in [2.45, 2.75) is 50.1 Å². The average Bonchev–Trinajstić information content (AvgIpc) is 3.00. The number of nitrogens with one attached hydrogen (secondary N) is 1. The predicted molar refractivity (Wildman–Crippen MR) is 143 cm³/mol. The van der Waals surface area contributed by atoms with Crippen molar-refractivity contribution in [1.82, 2.24) is 5.09 Å². The van der Waals surface area contributed by atoms with Gasteiger partial charge in [0.05, 0.1) is 13.2 Å².